The van der Waals surface area contributed by atoms with Crippen molar-refractivity contribution >= 4 is 29.5 Å². The number of hydrogen-bond donors (Lipinski definition) is 0. The SMILES string of the molecule is CCOc1cccc(C=O)c1OCc1ccc(Cl)cc1Cl. The van der Waals surface area contributed by atoms with E-state index in [2.05, 4.69) is 0 Å². The first-order valence-corrected chi connectivity index (χ1v) is 7.19. The molecular formula is C16H14Cl2O3. The van der Waals surface area contributed by atoms with Gasteiger partial charge in [-0.25, -0.2) is 0 Å². The molecular weight excluding hydrogens is 311 g/mol. The molecule has 0 saturated carbocycles. The molecule has 0 aliphatic heterocycles. The summed E-state index contributed by atoms with van der Waals surface area (Å²) in [5.74, 6) is 0.951. The van der Waals surface area contributed by atoms with Crippen LogP contribution in [0.25, 0.3) is 0 Å². The third-order valence-corrected chi connectivity index (χ3v) is 3.41. The van der Waals surface area contributed by atoms with E-state index in [1.165, 1.54) is 0 Å². The van der Waals surface area contributed by atoms with Crippen molar-refractivity contribution in [1.29, 1.82) is 0 Å². The first kappa shape index (κ1) is 15.7. The van der Waals surface area contributed by atoms with Crippen LogP contribution in [0.3, 0.4) is 0 Å². The maximum absolute atomic E-state index is 11.1. The van der Waals surface area contributed by atoms with Crippen LogP contribution in [-0.4, -0.2) is 12.9 Å². The highest BCUT2D eigenvalue weighted by Gasteiger charge is 2.11. The molecule has 3 nitrogen and oxygen atoms in total. The molecule has 21 heavy (non-hydrogen) atoms. The minimum Gasteiger partial charge on any atom is -0.490 e. The summed E-state index contributed by atoms with van der Waals surface area (Å²) in [6.45, 7) is 2.58. The highest BCUT2D eigenvalue weighted by Crippen LogP contribution is 2.32. The fourth-order valence-corrected chi connectivity index (χ4v) is 2.30. The molecule has 0 spiro atoms. The van der Waals surface area contributed by atoms with Crippen molar-refractivity contribution in [3.8, 4) is 11.5 Å². The van der Waals surface area contributed by atoms with Crippen LogP contribution in [0, 0.1) is 0 Å². The average Bonchev–Trinajstić information content (AvgIpc) is 2.47. The Morgan fingerprint density at radius 3 is 2.62 bits per heavy atom. The molecule has 0 amide bonds. The lowest BCUT2D eigenvalue weighted by Gasteiger charge is -2.14. The molecule has 0 heterocycles. The average molecular weight is 325 g/mol. The van der Waals surface area contributed by atoms with Crippen LogP contribution >= 0.6 is 23.2 Å². The van der Waals surface area contributed by atoms with Crippen molar-refractivity contribution in [3.63, 3.8) is 0 Å². The van der Waals surface area contributed by atoms with Gasteiger partial charge in [0.05, 0.1) is 12.2 Å². The van der Waals surface area contributed by atoms with Crippen LogP contribution < -0.4 is 9.47 Å². The largest absolute Gasteiger partial charge is 0.490 e. The lowest BCUT2D eigenvalue weighted by molar-refractivity contribution is 0.111. The molecule has 2 aromatic rings. The lowest BCUT2D eigenvalue weighted by Crippen LogP contribution is -2.02. The number of halogens is 2. The number of carbonyl (C=O) groups is 1. The molecule has 0 radical (unpaired) electrons. The van der Waals surface area contributed by atoms with E-state index in [4.69, 9.17) is 32.7 Å². The zero-order valence-corrected chi connectivity index (χ0v) is 12.9. The quantitative estimate of drug-likeness (QED) is 0.717. The van der Waals surface area contributed by atoms with Crippen molar-refractivity contribution < 1.29 is 14.3 Å². The van der Waals surface area contributed by atoms with Gasteiger partial charge in [-0.2, -0.15) is 0 Å². The van der Waals surface area contributed by atoms with E-state index in [1.54, 1.807) is 36.4 Å². The number of ether oxygens (including phenoxy) is 2. The highest BCUT2D eigenvalue weighted by molar-refractivity contribution is 6.35. The van der Waals surface area contributed by atoms with Crippen molar-refractivity contribution in [2.24, 2.45) is 0 Å². The maximum atomic E-state index is 11.1. The summed E-state index contributed by atoms with van der Waals surface area (Å²) in [7, 11) is 0. The Bertz CT molecular complexity index is 641. The first-order valence-electron chi connectivity index (χ1n) is 6.43. The van der Waals surface area contributed by atoms with Gasteiger partial charge in [-0.1, -0.05) is 35.3 Å². The van der Waals surface area contributed by atoms with E-state index >= 15 is 0 Å². The third kappa shape index (κ3) is 3.90. The molecule has 2 aromatic carbocycles. The van der Waals surface area contributed by atoms with Crippen LogP contribution in [0.2, 0.25) is 10.0 Å². The Morgan fingerprint density at radius 2 is 1.95 bits per heavy atom. The normalized spacial score (nSPS) is 10.2. The second-order valence-electron chi connectivity index (χ2n) is 4.25. The fraction of sp³-hybridized carbons (Fsp3) is 0.188. The molecule has 0 aromatic heterocycles. The van der Waals surface area contributed by atoms with Gasteiger partial charge in [0.25, 0.3) is 0 Å². The van der Waals surface area contributed by atoms with E-state index in [0.717, 1.165) is 11.8 Å². The molecule has 0 atom stereocenters. The number of hydrogen-bond acceptors (Lipinski definition) is 3. The molecule has 0 aliphatic carbocycles. The van der Waals surface area contributed by atoms with Crippen LogP contribution in [-0.2, 0) is 6.61 Å². The van der Waals surface area contributed by atoms with E-state index < -0.39 is 0 Å². The van der Waals surface area contributed by atoms with Gasteiger partial charge in [0.1, 0.15) is 6.61 Å². The molecule has 5 heteroatoms. The molecule has 0 saturated heterocycles. The number of rotatable bonds is 6. The fourth-order valence-electron chi connectivity index (χ4n) is 1.84. The highest BCUT2D eigenvalue weighted by atomic mass is 35.5. The van der Waals surface area contributed by atoms with Crippen molar-refractivity contribution in [2.45, 2.75) is 13.5 Å². The number of para-hydroxylation sites is 1. The van der Waals surface area contributed by atoms with Gasteiger partial charge in [0.2, 0.25) is 0 Å². The molecule has 0 fully saturated rings. The van der Waals surface area contributed by atoms with E-state index in [-0.39, 0.29) is 6.61 Å². The maximum Gasteiger partial charge on any atom is 0.172 e. The molecule has 0 N–H and O–H groups in total. The van der Waals surface area contributed by atoms with Crippen LogP contribution in [0.1, 0.15) is 22.8 Å². The van der Waals surface area contributed by atoms with Gasteiger partial charge >= 0.3 is 0 Å². The second-order valence-corrected chi connectivity index (χ2v) is 5.09. The van der Waals surface area contributed by atoms with Crippen molar-refractivity contribution in [3.05, 3.63) is 57.6 Å². The van der Waals surface area contributed by atoms with Gasteiger partial charge in [0.15, 0.2) is 17.8 Å². The predicted molar refractivity (Wildman–Crippen MR) is 83.8 cm³/mol. The second kappa shape index (κ2) is 7.34. The van der Waals surface area contributed by atoms with Gasteiger partial charge in [-0.05, 0) is 31.2 Å². The van der Waals surface area contributed by atoms with Crippen LogP contribution in [0.5, 0.6) is 11.5 Å². The Hall–Kier alpha value is -1.71. The van der Waals surface area contributed by atoms with Gasteiger partial charge in [-0.15, -0.1) is 0 Å². The van der Waals surface area contributed by atoms with Crippen LogP contribution in [0.4, 0.5) is 0 Å². The Kier molecular flexibility index (Phi) is 5.48. The third-order valence-electron chi connectivity index (χ3n) is 2.82. The zero-order chi connectivity index (χ0) is 15.2. The molecule has 110 valence electrons. The first-order chi connectivity index (χ1) is 10.2. The number of benzene rings is 2. The van der Waals surface area contributed by atoms with E-state index in [1.807, 2.05) is 6.92 Å². The summed E-state index contributed by atoms with van der Waals surface area (Å²) in [5, 5.41) is 1.08. The number of aldehydes is 1. The minimum absolute atomic E-state index is 0.223. The zero-order valence-electron chi connectivity index (χ0n) is 11.4. The van der Waals surface area contributed by atoms with Crippen LogP contribution in [0.15, 0.2) is 36.4 Å². The van der Waals surface area contributed by atoms with Gasteiger partial charge in [-0.3, -0.25) is 4.79 Å². The number of carbonyl (C=O) groups excluding carboxylic acids is 1. The van der Waals surface area contributed by atoms with Gasteiger partial charge in [0, 0.05) is 15.6 Å². The summed E-state index contributed by atoms with van der Waals surface area (Å²) in [5.41, 5.74) is 1.22. The summed E-state index contributed by atoms with van der Waals surface area (Å²) in [6, 6.07) is 10.4. The van der Waals surface area contributed by atoms with Crippen molar-refractivity contribution in [2.75, 3.05) is 6.61 Å². The molecule has 0 unspecified atom stereocenters. The Labute approximate surface area is 133 Å². The monoisotopic (exact) mass is 324 g/mol. The molecule has 0 aliphatic rings. The predicted octanol–water partition coefficient (Wildman–Crippen LogP) is 4.78. The summed E-state index contributed by atoms with van der Waals surface area (Å²) >= 11 is 12.0. The lowest BCUT2D eigenvalue weighted by atomic mass is 10.2. The van der Waals surface area contributed by atoms with Gasteiger partial charge < -0.3 is 9.47 Å². The van der Waals surface area contributed by atoms with E-state index in [0.29, 0.717) is 33.7 Å². The Morgan fingerprint density at radius 1 is 1.14 bits per heavy atom. The summed E-state index contributed by atoms with van der Waals surface area (Å²) < 4.78 is 11.2. The van der Waals surface area contributed by atoms with E-state index in [9.17, 15) is 4.79 Å². The summed E-state index contributed by atoms with van der Waals surface area (Å²) in [6.07, 6.45) is 0.737. The Balaban J connectivity index is 2.24. The topological polar surface area (TPSA) is 35.5 Å². The molecule has 0 bridgehead atoms. The standard InChI is InChI=1S/C16H14Cl2O3/c1-2-20-15-5-3-4-11(9-19)16(15)21-10-12-6-7-13(17)8-14(12)18/h3-9H,2,10H2,1H3. The van der Waals surface area contributed by atoms with Crippen molar-refractivity contribution in [1.82, 2.24) is 0 Å². The minimum atomic E-state index is 0.223. The summed E-state index contributed by atoms with van der Waals surface area (Å²) in [4.78, 5) is 11.1. The molecule has 2 rings (SSSR count). The smallest absolute Gasteiger partial charge is 0.172 e.